The first-order valence-electron chi connectivity index (χ1n) is 5.72. The van der Waals surface area contributed by atoms with Crippen LogP contribution in [0.5, 0.6) is 0 Å². The number of nitrogens with zero attached hydrogens (tertiary/aromatic N) is 1. The monoisotopic (exact) mass is 222 g/mol. The molecule has 1 fully saturated rings. The van der Waals surface area contributed by atoms with Crippen molar-refractivity contribution in [2.75, 3.05) is 26.2 Å². The van der Waals surface area contributed by atoms with E-state index in [0.717, 1.165) is 38.0 Å². The Bertz CT molecular complexity index is 276. The van der Waals surface area contributed by atoms with E-state index in [9.17, 15) is 5.11 Å². The minimum absolute atomic E-state index is 0.359. The van der Waals surface area contributed by atoms with Crippen LogP contribution in [0.3, 0.4) is 0 Å². The van der Waals surface area contributed by atoms with Crippen LogP contribution in [0.2, 0.25) is 0 Å². The maximum Gasteiger partial charge on any atom is 0.0793 e. The Morgan fingerprint density at radius 2 is 2.00 bits per heavy atom. The van der Waals surface area contributed by atoms with Gasteiger partial charge in [0.2, 0.25) is 0 Å². The highest BCUT2D eigenvalue weighted by Gasteiger charge is 2.30. The Hall–Kier alpha value is -0.900. The van der Waals surface area contributed by atoms with Gasteiger partial charge >= 0.3 is 0 Å². The average molecular weight is 222 g/mol. The predicted octanol–water partition coefficient (Wildman–Crippen LogP) is 1.07. The summed E-state index contributed by atoms with van der Waals surface area (Å²) < 4.78 is 0. The van der Waals surface area contributed by atoms with E-state index in [-0.39, 0.29) is 0 Å². The molecule has 1 heterocycles. The van der Waals surface area contributed by atoms with Crippen LogP contribution in [0.1, 0.15) is 12.8 Å². The first-order chi connectivity index (χ1) is 7.63. The largest absolute Gasteiger partial charge is 0.388 e. The van der Waals surface area contributed by atoms with Crippen LogP contribution in [-0.2, 0) is 0 Å². The minimum atomic E-state index is -0.646. The first kappa shape index (κ1) is 13.2. The number of allylic oxidation sites excluding steroid dienone is 2. The van der Waals surface area contributed by atoms with Crippen molar-refractivity contribution in [3.8, 4) is 0 Å². The molecule has 0 atom stereocenters. The summed E-state index contributed by atoms with van der Waals surface area (Å²) in [6.45, 7) is 10.5. The number of hydrogen-bond donors (Lipinski definition) is 2. The summed E-state index contributed by atoms with van der Waals surface area (Å²) in [7, 11) is 0. The van der Waals surface area contributed by atoms with Crippen molar-refractivity contribution in [2.45, 2.75) is 18.4 Å². The molecule has 1 aliphatic heterocycles. The van der Waals surface area contributed by atoms with Crippen LogP contribution < -0.4 is 5.73 Å². The zero-order chi connectivity index (χ0) is 12.0. The molecule has 0 aromatic heterocycles. The van der Waals surface area contributed by atoms with E-state index in [4.69, 9.17) is 5.73 Å². The normalized spacial score (nSPS) is 21.8. The summed E-state index contributed by atoms with van der Waals surface area (Å²) in [5.41, 5.74) is 6.06. The third-order valence-electron chi connectivity index (χ3n) is 3.17. The van der Waals surface area contributed by atoms with Crippen molar-refractivity contribution in [1.29, 1.82) is 0 Å². The van der Waals surface area contributed by atoms with Gasteiger partial charge in [-0.25, -0.2) is 0 Å². The van der Waals surface area contributed by atoms with Crippen LogP contribution in [0.15, 0.2) is 37.0 Å². The number of hydrogen-bond acceptors (Lipinski definition) is 3. The van der Waals surface area contributed by atoms with Crippen molar-refractivity contribution >= 4 is 0 Å². The molecule has 0 unspecified atom stereocenters. The van der Waals surface area contributed by atoms with Gasteiger partial charge in [-0.1, -0.05) is 31.4 Å². The Morgan fingerprint density at radius 1 is 1.38 bits per heavy atom. The van der Waals surface area contributed by atoms with Gasteiger partial charge in [0.15, 0.2) is 0 Å². The second-order valence-corrected chi connectivity index (χ2v) is 4.39. The molecule has 0 bridgehead atoms. The van der Waals surface area contributed by atoms with Crippen LogP contribution in [-0.4, -0.2) is 41.8 Å². The summed E-state index contributed by atoms with van der Waals surface area (Å²) in [4.78, 5) is 2.31. The fraction of sp³-hybridized carbons (Fsp3) is 0.538. The lowest BCUT2D eigenvalue weighted by molar-refractivity contribution is -0.0111. The standard InChI is InChI=1S/C13H22N2O/c1-3-5-12(4-2)10-15-8-6-13(16,11-14)7-9-15/h3-5,16H,1-2,6-11,14H2/b12-5+. The predicted molar refractivity (Wildman–Crippen MR) is 68.2 cm³/mol. The maximum absolute atomic E-state index is 9.99. The summed E-state index contributed by atoms with van der Waals surface area (Å²) in [5.74, 6) is 0. The second-order valence-electron chi connectivity index (χ2n) is 4.39. The molecule has 0 radical (unpaired) electrons. The van der Waals surface area contributed by atoms with E-state index in [1.807, 2.05) is 12.2 Å². The number of likely N-dealkylation sites (tertiary alicyclic amines) is 1. The zero-order valence-corrected chi connectivity index (χ0v) is 9.86. The Morgan fingerprint density at radius 3 is 2.44 bits per heavy atom. The molecule has 0 aromatic rings. The molecule has 3 N–H and O–H groups in total. The average Bonchev–Trinajstić information content (AvgIpc) is 2.31. The Balaban J connectivity index is 2.45. The Kier molecular flexibility index (Phi) is 4.93. The van der Waals surface area contributed by atoms with Gasteiger partial charge in [0.25, 0.3) is 0 Å². The molecular weight excluding hydrogens is 200 g/mol. The number of rotatable bonds is 5. The van der Waals surface area contributed by atoms with Crippen molar-refractivity contribution in [3.63, 3.8) is 0 Å². The van der Waals surface area contributed by atoms with Gasteiger partial charge in [0.05, 0.1) is 5.60 Å². The molecule has 0 amide bonds. The lowest BCUT2D eigenvalue weighted by atomic mass is 9.91. The van der Waals surface area contributed by atoms with Crippen LogP contribution in [0.25, 0.3) is 0 Å². The quantitative estimate of drug-likeness (QED) is 0.684. The van der Waals surface area contributed by atoms with Crippen molar-refractivity contribution < 1.29 is 5.11 Å². The van der Waals surface area contributed by atoms with Gasteiger partial charge in [-0.3, -0.25) is 4.90 Å². The lowest BCUT2D eigenvalue weighted by Gasteiger charge is -2.37. The molecular formula is C13H22N2O. The number of aliphatic hydroxyl groups is 1. The van der Waals surface area contributed by atoms with Crippen molar-refractivity contribution in [2.24, 2.45) is 5.73 Å². The molecule has 1 rings (SSSR count). The Labute approximate surface area is 97.9 Å². The van der Waals surface area contributed by atoms with E-state index < -0.39 is 5.60 Å². The van der Waals surface area contributed by atoms with E-state index in [2.05, 4.69) is 18.1 Å². The molecule has 90 valence electrons. The minimum Gasteiger partial charge on any atom is -0.388 e. The van der Waals surface area contributed by atoms with E-state index >= 15 is 0 Å². The molecule has 0 aromatic carbocycles. The zero-order valence-electron chi connectivity index (χ0n) is 9.86. The SMILES string of the molecule is C=C/C=C(\C=C)CN1CCC(O)(CN)CC1. The summed E-state index contributed by atoms with van der Waals surface area (Å²) in [5, 5.41) is 9.99. The van der Waals surface area contributed by atoms with Crippen molar-refractivity contribution in [3.05, 3.63) is 37.0 Å². The summed E-state index contributed by atoms with van der Waals surface area (Å²) in [6, 6.07) is 0. The third kappa shape index (κ3) is 3.59. The highest BCUT2D eigenvalue weighted by atomic mass is 16.3. The van der Waals surface area contributed by atoms with Gasteiger partial charge in [-0.05, 0) is 18.4 Å². The molecule has 0 saturated carbocycles. The molecule has 16 heavy (non-hydrogen) atoms. The third-order valence-corrected chi connectivity index (χ3v) is 3.17. The molecule has 1 aliphatic rings. The summed E-state index contributed by atoms with van der Waals surface area (Å²) in [6.07, 6.45) is 7.10. The van der Waals surface area contributed by atoms with Crippen molar-refractivity contribution in [1.82, 2.24) is 4.90 Å². The van der Waals surface area contributed by atoms with E-state index in [1.165, 1.54) is 0 Å². The maximum atomic E-state index is 9.99. The lowest BCUT2D eigenvalue weighted by Crippen LogP contribution is -2.48. The topological polar surface area (TPSA) is 49.5 Å². The summed E-state index contributed by atoms with van der Waals surface area (Å²) >= 11 is 0. The smallest absolute Gasteiger partial charge is 0.0793 e. The molecule has 0 spiro atoms. The highest BCUT2D eigenvalue weighted by molar-refractivity contribution is 5.22. The van der Waals surface area contributed by atoms with Crippen LogP contribution in [0, 0.1) is 0 Å². The number of nitrogens with two attached hydrogens (primary N) is 1. The fourth-order valence-electron chi connectivity index (χ4n) is 1.93. The number of piperidine rings is 1. The van der Waals surface area contributed by atoms with Crippen LogP contribution >= 0.6 is 0 Å². The van der Waals surface area contributed by atoms with E-state index in [1.54, 1.807) is 6.08 Å². The van der Waals surface area contributed by atoms with Gasteiger partial charge in [-0.2, -0.15) is 0 Å². The molecule has 0 aliphatic carbocycles. The van der Waals surface area contributed by atoms with E-state index in [0.29, 0.717) is 6.54 Å². The van der Waals surface area contributed by atoms with Gasteiger partial charge in [0.1, 0.15) is 0 Å². The molecule has 1 saturated heterocycles. The van der Waals surface area contributed by atoms with Gasteiger partial charge < -0.3 is 10.8 Å². The highest BCUT2D eigenvalue weighted by Crippen LogP contribution is 2.21. The second kappa shape index (κ2) is 5.99. The molecule has 3 nitrogen and oxygen atoms in total. The van der Waals surface area contributed by atoms with Gasteiger partial charge in [0, 0.05) is 26.2 Å². The first-order valence-corrected chi connectivity index (χ1v) is 5.72. The van der Waals surface area contributed by atoms with Gasteiger partial charge in [-0.15, -0.1) is 0 Å². The molecule has 3 heteroatoms. The fourth-order valence-corrected chi connectivity index (χ4v) is 1.93. The van der Waals surface area contributed by atoms with Crippen LogP contribution in [0.4, 0.5) is 0 Å².